The lowest BCUT2D eigenvalue weighted by molar-refractivity contribution is 0.238. The standard InChI is InChI=1S/C26H29N3O3S/c1-18-17-24(30)32-25-19(2)22(10-9-20(18)25)31-16-6-5-11-28-12-14-29(15-13-28)26-21-7-3-4-8-23(21)33-27-26/h3-4,7-10,17H,5-6,11-16H2,1-2H3. The molecule has 1 aliphatic heterocycles. The van der Waals surface area contributed by atoms with E-state index in [1.165, 1.54) is 16.2 Å². The van der Waals surface area contributed by atoms with E-state index in [1.54, 1.807) is 11.5 Å². The highest BCUT2D eigenvalue weighted by Crippen LogP contribution is 2.30. The summed E-state index contributed by atoms with van der Waals surface area (Å²) in [5, 5.41) is 2.23. The van der Waals surface area contributed by atoms with Crippen molar-refractivity contribution >= 4 is 38.4 Å². The maximum absolute atomic E-state index is 11.7. The molecule has 172 valence electrons. The van der Waals surface area contributed by atoms with Gasteiger partial charge in [-0.3, -0.25) is 4.90 Å². The average molecular weight is 464 g/mol. The zero-order valence-corrected chi connectivity index (χ0v) is 20.0. The largest absolute Gasteiger partial charge is 0.493 e. The van der Waals surface area contributed by atoms with E-state index >= 15 is 0 Å². The zero-order chi connectivity index (χ0) is 22.8. The smallest absolute Gasteiger partial charge is 0.336 e. The van der Waals surface area contributed by atoms with Gasteiger partial charge in [-0.15, -0.1) is 0 Å². The molecule has 1 fully saturated rings. The van der Waals surface area contributed by atoms with Gasteiger partial charge in [-0.05, 0) is 74.6 Å². The van der Waals surface area contributed by atoms with Crippen LogP contribution in [0, 0.1) is 13.8 Å². The molecule has 0 saturated carbocycles. The van der Waals surface area contributed by atoms with Crippen molar-refractivity contribution in [1.82, 2.24) is 9.27 Å². The molecule has 1 aliphatic rings. The zero-order valence-electron chi connectivity index (χ0n) is 19.2. The Labute approximate surface area is 197 Å². The third-order valence-electron chi connectivity index (χ3n) is 6.47. The number of hydrogen-bond donors (Lipinski definition) is 0. The van der Waals surface area contributed by atoms with Gasteiger partial charge in [0, 0.05) is 48.6 Å². The molecule has 0 bridgehead atoms. The summed E-state index contributed by atoms with van der Waals surface area (Å²) in [7, 11) is 0. The van der Waals surface area contributed by atoms with Gasteiger partial charge in [0.2, 0.25) is 0 Å². The minimum absolute atomic E-state index is 0.316. The first kappa shape index (κ1) is 21.9. The molecule has 4 aromatic rings. The number of fused-ring (bicyclic) bond motifs is 2. The quantitative estimate of drug-likeness (QED) is 0.284. The van der Waals surface area contributed by atoms with Crippen LogP contribution in [0.25, 0.3) is 21.1 Å². The van der Waals surface area contributed by atoms with Crippen LogP contribution in [0.2, 0.25) is 0 Å². The fourth-order valence-electron chi connectivity index (χ4n) is 4.56. The van der Waals surface area contributed by atoms with Crippen molar-refractivity contribution in [2.45, 2.75) is 26.7 Å². The molecule has 0 N–H and O–H groups in total. The average Bonchev–Trinajstić information content (AvgIpc) is 3.25. The van der Waals surface area contributed by atoms with E-state index < -0.39 is 0 Å². The van der Waals surface area contributed by atoms with E-state index in [9.17, 15) is 4.79 Å². The van der Waals surface area contributed by atoms with E-state index in [1.807, 2.05) is 26.0 Å². The minimum atomic E-state index is -0.316. The molecule has 0 atom stereocenters. The van der Waals surface area contributed by atoms with Crippen LogP contribution < -0.4 is 15.3 Å². The topological polar surface area (TPSA) is 58.8 Å². The second-order valence-corrected chi connectivity index (χ2v) is 9.51. The predicted molar refractivity (Wildman–Crippen MR) is 135 cm³/mol. The van der Waals surface area contributed by atoms with Gasteiger partial charge in [-0.2, -0.15) is 4.37 Å². The SMILES string of the molecule is Cc1cc(=O)oc2c(C)c(OCCCCN3CCN(c4nsc5ccccc45)CC3)ccc12. The van der Waals surface area contributed by atoms with Gasteiger partial charge < -0.3 is 14.1 Å². The lowest BCUT2D eigenvalue weighted by Crippen LogP contribution is -2.46. The maximum atomic E-state index is 11.7. The fourth-order valence-corrected chi connectivity index (χ4v) is 5.36. The molecule has 33 heavy (non-hydrogen) atoms. The number of benzene rings is 2. The Morgan fingerprint density at radius 1 is 1.03 bits per heavy atom. The highest BCUT2D eigenvalue weighted by molar-refractivity contribution is 7.13. The first-order valence-corrected chi connectivity index (χ1v) is 12.4. The molecular formula is C26H29N3O3S. The van der Waals surface area contributed by atoms with Gasteiger partial charge in [0.05, 0.1) is 11.3 Å². The van der Waals surface area contributed by atoms with Crippen LogP contribution in [0.15, 0.2) is 51.7 Å². The van der Waals surface area contributed by atoms with E-state index in [4.69, 9.17) is 13.5 Å². The van der Waals surface area contributed by atoms with Crippen molar-refractivity contribution in [2.24, 2.45) is 0 Å². The summed E-state index contributed by atoms with van der Waals surface area (Å²) < 4.78 is 17.4. The molecule has 7 heteroatoms. The van der Waals surface area contributed by atoms with Crippen LogP contribution in [0.3, 0.4) is 0 Å². The van der Waals surface area contributed by atoms with E-state index in [0.717, 1.165) is 73.6 Å². The predicted octanol–water partition coefficient (Wildman–Crippen LogP) is 5.00. The van der Waals surface area contributed by atoms with Crippen LogP contribution in [-0.2, 0) is 0 Å². The van der Waals surface area contributed by atoms with Crippen LogP contribution in [0.5, 0.6) is 5.75 Å². The molecule has 1 saturated heterocycles. The molecule has 2 aromatic carbocycles. The Balaban J connectivity index is 1.08. The summed E-state index contributed by atoms with van der Waals surface area (Å²) >= 11 is 1.59. The number of ether oxygens (including phenoxy) is 1. The molecule has 6 nitrogen and oxygen atoms in total. The van der Waals surface area contributed by atoms with Gasteiger partial charge in [0.25, 0.3) is 0 Å². The number of hydrogen-bond acceptors (Lipinski definition) is 7. The highest BCUT2D eigenvalue weighted by Gasteiger charge is 2.20. The maximum Gasteiger partial charge on any atom is 0.336 e. The van der Waals surface area contributed by atoms with Gasteiger partial charge in [0.15, 0.2) is 0 Å². The van der Waals surface area contributed by atoms with Crippen LogP contribution >= 0.6 is 11.5 Å². The van der Waals surface area contributed by atoms with Gasteiger partial charge >= 0.3 is 5.63 Å². The third-order valence-corrected chi connectivity index (χ3v) is 7.29. The summed E-state index contributed by atoms with van der Waals surface area (Å²) in [6.45, 7) is 9.79. The van der Waals surface area contributed by atoms with Crippen molar-refractivity contribution in [3.05, 3.63) is 64.0 Å². The first-order chi connectivity index (χ1) is 16.1. The summed E-state index contributed by atoms with van der Waals surface area (Å²) in [5.74, 6) is 1.93. The summed E-state index contributed by atoms with van der Waals surface area (Å²) in [6.07, 6.45) is 2.09. The summed E-state index contributed by atoms with van der Waals surface area (Å²) in [4.78, 5) is 16.7. The van der Waals surface area contributed by atoms with Crippen LogP contribution in [0.4, 0.5) is 5.82 Å². The fraction of sp³-hybridized carbons (Fsp3) is 0.385. The number of anilines is 1. The lowest BCUT2D eigenvalue weighted by atomic mass is 10.1. The number of aryl methyl sites for hydroxylation is 2. The van der Waals surface area contributed by atoms with Crippen LogP contribution in [-0.4, -0.2) is 48.6 Å². The van der Waals surface area contributed by atoms with Gasteiger partial charge in [-0.1, -0.05) is 12.1 Å². The molecular weight excluding hydrogens is 434 g/mol. The monoisotopic (exact) mass is 463 g/mol. The number of rotatable bonds is 7. The summed E-state index contributed by atoms with van der Waals surface area (Å²) in [5.41, 5.74) is 2.13. The number of aromatic nitrogens is 1. The number of unbranched alkanes of at least 4 members (excludes halogenated alkanes) is 1. The second kappa shape index (κ2) is 9.53. The van der Waals surface area contributed by atoms with Crippen molar-refractivity contribution in [3.8, 4) is 5.75 Å². The highest BCUT2D eigenvalue weighted by atomic mass is 32.1. The Kier molecular flexibility index (Phi) is 6.33. The first-order valence-electron chi connectivity index (χ1n) is 11.6. The molecule has 0 amide bonds. The molecule has 5 rings (SSSR count). The second-order valence-electron chi connectivity index (χ2n) is 8.70. The van der Waals surface area contributed by atoms with Crippen molar-refractivity contribution in [3.63, 3.8) is 0 Å². The Bertz CT molecular complexity index is 1320. The lowest BCUT2D eigenvalue weighted by Gasteiger charge is -2.35. The Morgan fingerprint density at radius 2 is 1.85 bits per heavy atom. The Hall–Kier alpha value is -2.90. The molecule has 0 radical (unpaired) electrons. The van der Waals surface area contributed by atoms with Gasteiger partial charge in [-0.25, -0.2) is 4.79 Å². The van der Waals surface area contributed by atoms with Crippen LogP contribution in [0.1, 0.15) is 24.0 Å². The van der Waals surface area contributed by atoms with Crippen molar-refractivity contribution in [1.29, 1.82) is 0 Å². The van der Waals surface area contributed by atoms with Crippen molar-refractivity contribution < 1.29 is 9.15 Å². The number of nitrogens with zero attached hydrogens (tertiary/aromatic N) is 3. The van der Waals surface area contributed by atoms with E-state index in [2.05, 4.69) is 34.1 Å². The molecule has 3 heterocycles. The Morgan fingerprint density at radius 3 is 2.70 bits per heavy atom. The molecule has 2 aromatic heterocycles. The summed E-state index contributed by atoms with van der Waals surface area (Å²) in [6, 6.07) is 14.0. The van der Waals surface area contributed by atoms with E-state index in [-0.39, 0.29) is 5.63 Å². The minimum Gasteiger partial charge on any atom is -0.493 e. The van der Waals surface area contributed by atoms with E-state index in [0.29, 0.717) is 12.2 Å². The molecule has 0 unspecified atom stereocenters. The van der Waals surface area contributed by atoms with Gasteiger partial charge in [0.1, 0.15) is 17.2 Å². The molecule has 0 aliphatic carbocycles. The number of piperazine rings is 1. The third kappa shape index (κ3) is 4.61. The normalized spacial score (nSPS) is 14.9. The molecule has 0 spiro atoms. The van der Waals surface area contributed by atoms with Crippen molar-refractivity contribution in [2.75, 3.05) is 44.2 Å².